The zero-order valence-electron chi connectivity index (χ0n) is 8.09. The van der Waals surface area contributed by atoms with E-state index in [1.54, 1.807) is 0 Å². The molecule has 1 aromatic rings. The van der Waals surface area contributed by atoms with E-state index >= 15 is 0 Å². The maximum atomic E-state index is 11.1. The van der Waals surface area contributed by atoms with Crippen LogP contribution >= 0.6 is 0 Å². The van der Waals surface area contributed by atoms with E-state index in [1.165, 1.54) is 0 Å². The minimum absolute atomic E-state index is 0.0331. The smallest absolute Gasteiger partial charge is 0.358 e. The topological polar surface area (TPSA) is 112 Å². The third-order valence-electron chi connectivity index (χ3n) is 1.51. The Kier molecular flexibility index (Phi) is 2.89. The number of carbonyl (C=O) groups is 1. The van der Waals surface area contributed by atoms with Crippen molar-refractivity contribution in [2.24, 2.45) is 0 Å². The number of nitrogens with two attached hydrogens (primary N) is 1. The average molecular weight is 231 g/mol. The van der Waals surface area contributed by atoms with Crippen LogP contribution in [0.4, 0.5) is 5.69 Å². The van der Waals surface area contributed by atoms with Gasteiger partial charge in [-0.25, -0.2) is 23.2 Å². The Bertz CT molecular complexity index is 497. The molecule has 0 aromatic carbocycles. The Morgan fingerprint density at radius 2 is 2.13 bits per heavy atom. The Morgan fingerprint density at radius 1 is 1.53 bits per heavy atom. The molecule has 0 aliphatic heterocycles. The first kappa shape index (κ1) is 11.4. The predicted octanol–water partition coefficient (Wildman–Crippen LogP) is -0.751. The number of aromatic nitrogens is 2. The second-order valence-corrected chi connectivity index (χ2v) is 4.63. The first-order valence-corrected chi connectivity index (χ1v) is 5.66. The van der Waals surface area contributed by atoms with Crippen molar-refractivity contribution in [2.75, 3.05) is 19.1 Å². The van der Waals surface area contributed by atoms with E-state index < -0.39 is 21.0 Å². The van der Waals surface area contributed by atoms with Crippen LogP contribution in [0.1, 0.15) is 10.5 Å². The first-order chi connectivity index (χ1) is 6.86. The van der Waals surface area contributed by atoms with Gasteiger partial charge < -0.3 is 10.5 Å². The molecule has 0 amide bonds. The van der Waals surface area contributed by atoms with E-state index in [4.69, 9.17) is 5.73 Å². The first-order valence-electron chi connectivity index (χ1n) is 3.77. The number of hydrogen-bond acceptors (Lipinski definition) is 7. The number of esters is 1. The molecule has 0 bridgehead atoms. The van der Waals surface area contributed by atoms with Crippen molar-refractivity contribution in [2.45, 2.75) is 5.16 Å². The maximum Gasteiger partial charge on any atom is 0.358 e. The Balaban J connectivity index is 3.36. The molecule has 1 aromatic heterocycles. The number of nitrogens with zero attached hydrogens (tertiary/aromatic N) is 2. The zero-order valence-corrected chi connectivity index (χ0v) is 8.91. The number of hydrogen-bond donors (Lipinski definition) is 1. The van der Waals surface area contributed by atoms with Gasteiger partial charge in [0.2, 0.25) is 15.0 Å². The van der Waals surface area contributed by atoms with Crippen molar-refractivity contribution in [1.29, 1.82) is 0 Å². The molecule has 0 aliphatic rings. The maximum absolute atomic E-state index is 11.1. The summed E-state index contributed by atoms with van der Waals surface area (Å²) in [6.07, 6.45) is 1.98. The van der Waals surface area contributed by atoms with Crippen LogP contribution in [-0.4, -0.2) is 37.7 Å². The molecule has 2 N–H and O–H groups in total. The summed E-state index contributed by atoms with van der Waals surface area (Å²) >= 11 is 0. The van der Waals surface area contributed by atoms with E-state index in [1.807, 2.05) is 0 Å². The number of nitrogen functional groups attached to an aromatic ring is 1. The number of carbonyl (C=O) groups excluding carboxylic acids is 1. The van der Waals surface area contributed by atoms with E-state index in [9.17, 15) is 13.2 Å². The van der Waals surface area contributed by atoms with Gasteiger partial charge in [-0.3, -0.25) is 0 Å². The highest BCUT2D eigenvalue weighted by Gasteiger charge is 2.18. The fourth-order valence-electron chi connectivity index (χ4n) is 0.814. The number of anilines is 1. The molecule has 8 heteroatoms. The summed E-state index contributed by atoms with van der Waals surface area (Å²) in [6, 6.07) is 0. The monoisotopic (exact) mass is 231 g/mol. The molecule has 0 aliphatic carbocycles. The summed E-state index contributed by atoms with van der Waals surface area (Å²) in [5.74, 6) is -0.806. The summed E-state index contributed by atoms with van der Waals surface area (Å²) in [5, 5.41) is -0.461. The molecule has 0 atom stereocenters. The van der Waals surface area contributed by atoms with Crippen LogP contribution in [-0.2, 0) is 14.6 Å². The van der Waals surface area contributed by atoms with Gasteiger partial charge in [0.1, 0.15) is 0 Å². The molecule has 0 unspecified atom stereocenters. The highest BCUT2D eigenvalue weighted by atomic mass is 32.2. The third-order valence-corrected chi connectivity index (χ3v) is 2.37. The number of rotatable bonds is 2. The van der Waals surface area contributed by atoms with E-state index in [0.717, 1.165) is 19.6 Å². The van der Waals surface area contributed by atoms with Gasteiger partial charge in [0.25, 0.3) is 0 Å². The van der Waals surface area contributed by atoms with Crippen molar-refractivity contribution in [1.82, 2.24) is 9.97 Å². The quantitative estimate of drug-likeness (QED) is 0.526. The second kappa shape index (κ2) is 3.81. The van der Waals surface area contributed by atoms with Crippen molar-refractivity contribution in [3.05, 3.63) is 11.9 Å². The van der Waals surface area contributed by atoms with E-state index in [0.29, 0.717) is 0 Å². The third kappa shape index (κ3) is 2.40. The van der Waals surface area contributed by atoms with E-state index in [2.05, 4.69) is 14.7 Å². The highest BCUT2D eigenvalue weighted by Crippen LogP contribution is 2.11. The van der Waals surface area contributed by atoms with Crippen LogP contribution < -0.4 is 5.73 Å². The van der Waals surface area contributed by atoms with Crippen LogP contribution in [0.2, 0.25) is 0 Å². The lowest BCUT2D eigenvalue weighted by atomic mass is 10.3. The van der Waals surface area contributed by atoms with Crippen LogP contribution in [0, 0.1) is 0 Å². The lowest BCUT2D eigenvalue weighted by Crippen LogP contribution is -2.13. The lowest BCUT2D eigenvalue weighted by molar-refractivity contribution is 0.0594. The minimum Gasteiger partial charge on any atom is -0.464 e. The van der Waals surface area contributed by atoms with Crippen molar-refractivity contribution in [3.8, 4) is 0 Å². The summed E-state index contributed by atoms with van der Waals surface area (Å²) in [6.45, 7) is 0. The van der Waals surface area contributed by atoms with Gasteiger partial charge in [0.05, 0.1) is 19.0 Å². The van der Waals surface area contributed by atoms with Crippen LogP contribution in [0.25, 0.3) is 0 Å². The largest absolute Gasteiger partial charge is 0.464 e. The fraction of sp³-hybridized carbons (Fsp3) is 0.286. The van der Waals surface area contributed by atoms with E-state index in [-0.39, 0.29) is 11.4 Å². The molecule has 0 spiro atoms. The van der Waals surface area contributed by atoms with Crippen molar-refractivity contribution >= 4 is 21.5 Å². The molecule has 7 nitrogen and oxygen atoms in total. The Morgan fingerprint density at radius 3 is 2.60 bits per heavy atom. The number of methoxy groups -OCH3 is 1. The lowest BCUT2D eigenvalue weighted by Gasteiger charge is -2.03. The van der Waals surface area contributed by atoms with Crippen LogP contribution in [0.3, 0.4) is 0 Å². The normalized spacial score (nSPS) is 11.1. The van der Waals surface area contributed by atoms with Crippen LogP contribution in [0.5, 0.6) is 0 Å². The van der Waals surface area contributed by atoms with Gasteiger partial charge in [-0.1, -0.05) is 0 Å². The Hall–Kier alpha value is -1.70. The summed E-state index contributed by atoms with van der Waals surface area (Å²) in [5.41, 5.74) is 5.10. The van der Waals surface area contributed by atoms with Crippen molar-refractivity contribution < 1.29 is 17.9 Å². The summed E-state index contributed by atoms with van der Waals surface area (Å²) in [7, 11) is -2.43. The number of sulfone groups is 1. The molecule has 0 radical (unpaired) electrons. The van der Waals surface area contributed by atoms with Crippen LogP contribution in [0.15, 0.2) is 11.4 Å². The van der Waals surface area contributed by atoms with Gasteiger partial charge in [0.15, 0.2) is 5.69 Å². The molecule has 0 saturated carbocycles. The van der Waals surface area contributed by atoms with Gasteiger partial charge in [0, 0.05) is 6.26 Å². The number of ether oxygens (including phenoxy) is 1. The molecule has 0 fully saturated rings. The standard InChI is InChI=1S/C7H9N3O4S/c1-14-6(11)5-4(8)3-9-7(10-5)15(2,12)13/h3H,8H2,1-2H3. The van der Waals surface area contributed by atoms with Gasteiger partial charge in [-0.05, 0) is 0 Å². The average Bonchev–Trinajstić information content (AvgIpc) is 2.15. The molecule has 15 heavy (non-hydrogen) atoms. The van der Waals surface area contributed by atoms with Crippen molar-refractivity contribution in [3.63, 3.8) is 0 Å². The van der Waals surface area contributed by atoms with Gasteiger partial charge >= 0.3 is 5.97 Å². The highest BCUT2D eigenvalue weighted by molar-refractivity contribution is 7.90. The molecule has 1 heterocycles. The summed E-state index contributed by atoms with van der Waals surface area (Å²) in [4.78, 5) is 18.1. The molecule has 0 saturated heterocycles. The molecule has 82 valence electrons. The predicted molar refractivity (Wildman–Crippen MR) is 50.9 cm³/mol. The minimum atomic E-state index is -3.57. The zero-order chi connectivity index (χ0) is 11.6. The molecular formula is C7H9N3O4S. The van der Waals surface area contributed by atoms with Gasteiger partial charge in [-0.2, -0.15) is 0 Å². The fourth-order valence-corrected chi connectivity index (χ4v) is 1.32. The van der Waals surface area contributed by atoms with Gasteiger partial charge in [-0.15, -0.1) is 0 Å². The molecular weight excluding hydrogens is 222 g/mol. The second-order valence-electron chi connectivity index (χ2n) is 2.72. The Labute approximate surface area is 86.2 Å². The SMILES string of the molecule is COC(=O)c1nc(S(C)(=O)=O)ncc1N. The summed E-state index contributed by atoms with van der Waals surface area (Å²) < 4.78 is 26.6. The molecule has 1 rings (SSSR count).